The van der Waals surface area contributed by atoms with Crippen molar-refractivity contribution in [1.29, 1.82) is 0 Å². The topological polar surface area (TPSA) is 95.0 Å². The lowest BCUT2D eigenvalue weighted by Crippen LogP contribution is -2.35. The molecule has 0 unspecified atom stereocenters. The number of amides is 1. The number of nitrogens with zero attached hydrogens (tertiary/aromatic N) is 4. The van der Waals surface area contributed by atoms with E-state index in [0.29, 0.717) is 21.4 Å². The fourth-order valence-corrected chi connectivity index (χ4v) is 3.61. The molecule has 0 aliphatic heterocycles. The van der Waals surface area contributed by atoms with Crippen LogP contribution in [0.3, 0.4) is 0 Å². The molecular weight excluding hydrogens is 426 g/mol. The van der Waals surface area contributed by atoms with E-state index in [0.717, 1.165) is 5.56 Å². The summed E-state index contributed by atoms with van der Waals surface area (Å²) in [6.07, 6.45) is 2.91. The van der Waals surface area contributed by atoms with E-state index in [9.17, 15) is 9.59 Å². The van der Waals surface area contributed by atoms with Crippen LogP contribution < -0.4 is 10.9 Å². The van der Waals surface area contributed by atoms with Gasteiger partial charge in [0.2, 0.25) is 5.91 Å². The minimum absolute atomic E-state index is 0.173. The Morgan fingerprint density at radius 1 is 1.25 bits per heavy atom. The van der Waals surface area contributed by atoms with Crippen molar-refractivity contribution in [3.63, 3.8) is 0 Å². The molecule has 3 heterocycles. The summed E-state index contributed by atoms with van der Waals surface area (Å²) in [5, 5.41) is 7.40. The van der Waals surface area contributed by atoms with Gasteiger partial charge in [0.25, 0.3) is 5.56 Å². The molecule has 1 N–H and O–H groups in total. The van der Waals surface area contributed by atoms with E-state index in [1.807, 2.05) is 30.3 Å². The Hall–Kier alpha value is -3.20. The van der Waals surface area contributed by atoms with Gasteiger partial charge in [0.15, 0.2) is 5.65 Å². The van der Waals surface area contributed by atoms with Crippen molar-refractivity contribution in [1.82, 2.24) is 24.6 Å². The van der Waals surface area contributed by atoms with Crippen molar-refractivity contribution < 1.29 is 9.21 Å². The van der Waals surface area contributed by atoms with Crippen LogP contribution in [-0.2, 0) is 18.4 Å². The van der Waals surface area contributed by atoms with E-state index in [1.54, 1.807) is 25.4 Å². The van der Waals surface area contributed by atoms with E-state index >= 15 is 0 Å². The quantitative estimate of drug-likeness (QED) is 0.512. The summed E-state index contributed by atoms with van der Waals surface area (Å²) in [5.41, 5.74) is 0.988. The van der Waals surface area contributed by atoms with Crippen LogP contribution in [0.2, 0.25) is 0 Å². The van der Waals surface area contributed by atoms with Gasteiger partial charge in [0.05, 0.1) is 6.26 Å². The molecule has 8 nitrogen and oxygen atoms in total. The molecule has 28 heavy (non-hydrogen) atoms. The molecule has 0 saturated carbocycles. The molecule has 0 fully saturated rings. The zero-order chi connectivity index (χ0) is 19.7. The smallest absolute Gasteiger partial charge is 0.266 e. The lowest BCUT2D eigenvalue weighted by atomic mass is 10.0. The van der Waals surface area contributed by atoms with Crippen LogP contribution in [0.4, 0.5) is 0 Å². The summed E-state index contributed by atoms with van der Waals surface area (Å²) in [6, 6.07) is 12.6. The molecule has 0 saturated heterocycles. The van der Waals surface area contributed by atoms with Crippen molar-refractivity contribution in [2.24, 2.45) is 7.05 Å². The van der Waals surface area contributed by atoms with Gasteiger partial charge in [-0.05, 0) is 33.6 Å². The maximum atomic E-state index is 12.7. The fraction of sp³-hybridized carbons (Fsp3) is 0.158. The normalized spacial score (nSPS) is 12.2. The molecule has 1 amide bonds. The first kappa shape index (κ1) is 18.2. The third kappa shape index (κ3) is 3.36. The number of aromatic nitrogens is 4. The van der Waals surface area contributed by atoms with Gasteiger partial charge in [0.1, 0.15) is 34.7 Å². The number of furan rings is 1. The SMILES string of the molecule is Cn1nc(Br)c2c(=O)n(CC(=O)N[C@@H](c3ccccc3)c3ccco3)cnc21. The molecule has 0 radical (unpaired) electrons. The summed E-state index contributed by atoms with van der Waals surface area (Å²) >= 11 is 3.27. The second-order valence-corrected chi connectivity index (χ2v) is 6.97. The highest BCUT2D eigenvalue weighted by Gasteiger charge is 2.20. The minimum atomic E-state index is -0.457. The van der Waals surface area contributed by atoms with Gasteiger partial charge < -0.3 is 9.73 Å². The van der Waals surface area contributed by atoms with Gasteiger partial charge in [-0.15, -0.1) is 0 Å². The van der Waals surface area contributed by atoms with Crippen molar-refractivity contribution in [2.45, 2.75) is 12.6 Å². The summed E-state index contributed by atoms with van der Waals surface area (Å²) in [6.45, 7) is -0.173. The molecule has 0 aliphatic carbocycles. The highest BCUT2D eigenvalue weighted by molar-refractivity contribution is 9.10. The molecule has 1 aromatic carbocycles. The zero-order valence-electron chi connectivity index (χ0n) is 14.9. The van der Waals surface area contributed by atoms with E-state index in [-0.39, 0.29) is 18.0 Å². The molecular formula is C19H16BrN5O3. The van der Waals surface area contributed by atoms with Gasteiger partial charge >= 0.3 is 0 Å². The number of fused-ring (bicyclic) bond motifs is 1. The van der Waals surface area contributed by atoms with E-state index < -0.39 is 6.04 Å². The van der Waals surface area contributed by atoms with Crippen LogP contribution in [0.5, 0.6) is 0 Å². The van der Waals surface area contributed by atoms with Gasteiger partial charge in [-0.3, -0.25) is 14.2 Å². The number of hydrogen-bond acceptors (Lipinski definition) is 5. The standard InChI is InChI=1S/C19H16BrN5O3/c1-24-18-15(17(20)23-24)19(27)25(11-21-18)10-14(26)22-16(13-8-5-9-28-13)12-6-3-2-4-7-12/h2-9,11,16H,10H2,1H3,(H,22,26)/t16-/m0/s1. The number of carbonyl (C=O) groups excluding carboxylic acids is 1. The van der Waals surface area contributed by atoms with Gasteiger partial charge in [-0.25, -0.2) is 9.67 Å². The third-order valence-electron chi connectivity index (χ3n) is 4.35. The highest BCUT2D eigenvalue weighted by atomic mass is 79.9. The van der Waals surface area contributed by atoms with Gasteiger partial charge in [-0.1, -0.05) is 30.3 Å². The van der Waals surface area contributed by atoms with E-state index in [4.69, 9.17) is 4.42 Å². The molecule has 1 atom stereocenters. The lowest BCUT2D eigenvalue weighted by molar-refractivity contribution is -0.122. The molecule has 0 bridgehead atoms. The maximum absolute atomic E-state index is 12.7. The van der Waals surface area contributed by atoms with Crippen molar-refractivity contribution in [3.05, 3.63) is 81.3 Å². The zero-order valence-corrected chi connectivity index (χ0v) is 16.5. The van der Waals surface area contributed by atoms with E-state index in [1.165, 1.54) is 15.6 Å². The molecule has 0 spiro atoms. The summed E-state index contributed by atoms with van der Waals surface area (Å²) in [7, 11) is 1.70. The monoisotopic (exact) mass is 441 g/mol. The van der Waals surface area contributed by atoms with E-state index in [2.05, 4.69) is 31.3 Å². The Morgan fingerprint density at radius 3 is 2.75 bits per heavy atom. The molecule has 142 valence electrons. The second-order valence-electron chi connectivity index (χ2n) is 6.22. The van der Waals surface area contributed by atoms with Crippen LogP contribution in [0.15, 0.2) is 68.9 Å². The third-order valence-corrected chi connectivity index (χ3v) is 4.90. The molecule has 0 aliphatic rings. The predicted molar refractivity (Wildman–Crippen MR) is 106 cm³/mol. The van der Waals surface area contributed by atoms with Crippen LogP contribution in [-0.4, -0.2) is 25.2 Å². The van der Waals surface area contributed by atoms with Crippen molar-refractivity contribution in [3.8, 4) is 0 Å². The number of hydrogen-bond donors (Lipinski definition) is 1. The van der Waals surface area contributed by atoms with Crippen molar-refractivity contribution in [2.75, 3.05) is 0 Å². The molecule has 3 aromatic heterocycles. The van der Waals surface area contributed by atoms with Crippen LogP contribution >= 0.6 is 15.9 Å². The summed E-state index contributed by atoms with van der Waals surface area (Å²) in [5.74, 6) is 0.268. The Kier molecular flexibility index (Phi) is 4.82. The number of rotatable bonds is 5. The average molecular weight is 442 g/mol. The predicted octanol–water partition coefficient (Wildman–Crippen LogP) is 2.39. The Bertz CT molecular complexity index is 1180. The minimum Gasteiger partial charge on any atom is -0.467 e. The molecule has 4 aromatic rings. The Labute approximate surface area is 167 Å². The first-order valence-corrected chi connectivity index (χ1v) is 9.29. The van der Waals surface area contributed by atoms with Crippen molar-refractivity contribution >= 4 is 32.9 Å². The number of nitrogens with one attached hydrogen (secondary N) is 1. The first-order valence-electron chi connectivity index (χ1n) is 8.50. The summed E-state index contributed by atoms with van der Waals surface area (Å²) < 4.78 is 8.65. The largest absolute Gasteiger partial charge is 0.467 e. The average Bonchev–Trinajstić information content (AvgIpc) is 3.31. The number of benzene rings is 1. The number of halogens is 1. The second kappa shape index (κ2) is 7.43. The first-order chi connectivity index (χ1) is 13.5. The van der Waals surface area contributed by atoms with Gasteiger partial charge in [-0.2, -0.15) is 5.10 Å². The number of carbonyl (C=O) groups is 1. The molecule has 9 heteroatoms. The van der Waals surface area contributed by atoms with Crippen LogP contribution in [0, 0.1) is 0 Å². The Morgan fingerprint density at radius 2 is 2.04 bits per heavy atom. The summed E-state index contributed by atoms with van der Waals surface area (Å²) in [4.78, 5) is 29.7. The van der Waals surface area contributed by atoms with Gasteiger partial charge in [0, 0.05) is 7.05 Å². The number of aryl methyl sites for hydroxylation is 1. The lowest BCUT2D eigenvalue weighted by Gasteiger charge is -2.17. The fourth-order valence-electron chi connectivity index (χ4n) is 3.03. The van der Waals surface area contributed by atoms with Crippen LogP contribution in [0.1, 0.15) is 17.4 Å². The Balaban J connectivity index is 1.61. The molecule has 4 rings (SSSR count). The highest BCUT2D eigenvalue weighted by Crippen LogP contribution is 2.22. The maximum Gasteiger partial charge on any atom is 0.266 e. The van der Waals surface area contributed by atoms with Crippen LogP contribution in [0.25, 0.3) is 11.0 Å².